The highest BCUT2D eigenvalue weighted by molar-refractivity contribution is 5.61. The normalized spacial score (nSPS) is 10.5. The molecule has 0 aliphatic rings. The lowest BCUT2D eigenvalue weighted by molar-refractivity contribution is -0.384. The van der Waals surface area contributed by atoms with Crippen molar-refractivity contribution < 1.29 is 9.66 Å². The first-order valence-corrected chi connectivity index (χ1v) is 6.48. The highest BCUT2D eigenvalue weighted by Crippen LogP contribution is 2.28. The van der Waals surface area contributed by atoms with Crippen LogP contribution in [0, 0.1) is 10.1 Å². The molecule has 0 atom stereocenters. The minimum absolute atomic E-state index is 0.0113. The third-order valence-electron chi connectivity index (χ3n) is 2.92. The maximum Gasteiger partial charge on any atom is 0.273 e. The van der Waals surface area contributed by atoms with Gasteiger partial charge < -0.3 is 10.1 Å². The van der Waals surface area contributed by atoms with Crippen LogP contribution in [-0.4, -0.2) is 18.6 Å². The first-order valence-electron chi connectivity index (χ1n) is 6.48. The zero-order valence-electron chi connectivity index (χ0n) is 11.7. The molecule has 0 saturated carbocycles. The third-order valence-corrected chi connectivity index (χ3v) is 2.92. The summed E-state index contributed by atoms with van der Waals surface area (Å²) in [6.45, 7) is 0.600. The van der Waals surface area contributed by atoms with Gasteiger partial charge in [0, 0.05) is 12.6 Å². The summed E-state index contributed by atoms with van der Waals surface area (Å²) in [6, 6.07) is 14.5. The van der Waals surface area contributed by atoms with Gasteiger partial charge in [-0.3, -0.25) is 10.1 Å². The van der Waals surface area contributed by atoms with Gasteiger partial charge in [0.2, 0.25) is 0 Å². The molecule has 0 heterocycles. The average molecular weight is 284 g/mol. The molecule has 0 unspecified atom stereocenters. The molecule has 0 saturated heterocycles. The number of rotatable bonds is 6. The summed E-state index contributed by atoms with van der Waals surface area (Å²) >= 11 is 0. The molecular formula is C16H16N2O3. The predicted octanol–water partition coefficient (Wildman–Crippen LogP) is 3.73. The summed E-state index contributed by atoms with van der Waals surface area (Å²) in [6.07, 6.45) is 3.99. The Labute approximate surface area is 123 Å². The third kappa shape index (κ3) is 4.07. The van der Waals surface area contributed by atoms with Crippen molar-refractivity contribution in [3.8, 4) is 5.75 Å². The van der Waals surface area contributed by atoms with Crippen LogP contribution >= 0.6 is 0 Å². The van der Waals surface area contributed by atoms with Crippen LogP contribution in [0.3, 0.4) is 0 Å². The number of hydrogen-bond acceptors (Lipinski definition) is 4. The zero-order valence-corrected chi connectivity index (χ0v) is 11.7. The van der Waals surface area contributed by atoms with E-state index in [-0.39, 0.29) is 5.69 Å². The van der Waals surface area contributed by atoms with Crippen molar-refractivity contribution in [2.45, 2.75) is 0 Å². The van der Waals surface area contributed by atoms with Gasteiger partial charge in [0.1, 0.15) is 5.75 Å². The molecule has 5 nitrogen and oxygen atoms in total. The Morgan fingerprint density at radius 1 is 1.24 bits per heavy atom. The quantitative estimate of drug-likeness (QED) is 0.648. The molecule has 108 valence electrons. The average Bonchev–Trinajstić information content (AvgIpc) is 2.52. The fourth-order valence-corrected chi connectivity index (χ4v) is 1.87. The van der Waals surface area contributed by atoms with Crippen molar-refractivity contribution in [1.29, 1.82) is 0 Å². The van der Waals surface area contributed by atoms with E-state index in [1.54, 1.807) is 6.07 Å². The summed E-state index contributed by atoms with van der Waals surface area (Å²) < 4.78 is 5.16. The van der Waals surface area contributed by atoms with Crippen molar-refractivity contribution in [2.75, 3.05) is 19.0 Å². The summed E-state index contributed by atoms with van der Waals surface area (Å²) in [5, 5.41) is 13.9. The van der Waals surface area contributed by atoms with E-state index in [1.807, 2.05) is 42.5 Å². The molecule has 21 heavy (non-hydrogen) atoms. The maximum atomic E-state index is 10.7. The van der Waals surface area contributed by atoms with Crippen molar-refractivity contribution in [2.24, 2.45) is 0 Å². The number of ether oxygens (including phenoxy) is 1. The van der Waals surface area contributed by atoms with E-state index in [0.717, 1.165) is 11.3 Å². The fourth-order valence-electron chi connectivity index (χ4n) is 1.87. The van der Waals surface area contributed by atoms with Crippen LogP contribution in [0.4, 0.5) is 11.4 Å². The minimum Gasteiger partial charge on any atom is -0.494 e. The Morgan fingerprint density at radius 2 is 2.00 bits per heavy atom. The molecule has 0 fully saturated rings. The molecule has 1 N–H and O–H groups in total. The van der Waals surface area contributed by atoms with Gasteiger partial charge in [-0.1, -0.05) is 42.5 Å². The molecule has 0 aromatic heterocycles. The van der Waals surface area contributed by atoms with Crippen LogP contribution in [0.2, 0.25) is 0 Å². The highest BCUT2D eigenvalue weighted by atomic mass is 16.6. The summed E-state index contributed by atoms with van der Waals surface area (Å²) in [5.41, 5.74) is 1.85. The van der Waals surface area contributed by atoms with Crippen LogP contribution in [0.15, 0.2) is 54.6 Å². The Kier molecular flexibility index (Phi) is 4.93. The van der Waals surface area contributed by atoms with Crippen LogP contribution in [0.1, 0.15) is 5.56 Å². The lowest BCUT2D eigenvalue weighted by Gasteiger charge is -2.09. The van der Waals surface area contributed by atoms with Gasteiger partial charge in [0.25, 0.3) is 5.69 Å². The zero-order chi connectivity index (χ0) is 15.1. The second-order valence-corrected chi connectivity index (χ2v) is 4.34. The number of methoxy groups -OCH3 is 1. The predicted molar refractivity (Wildman–Crippen MR) is 83.6 cm³/mol. The van der Waals surface area contributed by atoms with E-state index < -0.39 is 4.92 Å². The molecule has 0 amide bonds. The lowest BCUT2D eigenvalue weighted by atomic mass is 10.2. The standard InChI is InChI=1S/C16H16N2O3/c1-21-16-12-14(18(19)20)9-10-15(16)17-11-5-8-13-6-3-2-4-7-13/h2-10,12,17H,11H2,1H3/b8-5+. The molecule has 2 rings (SSSR count). The number of nitro groups is 1. The Bertz CT molecular complexity index is 639. The van der Waals surface area contributed by atoms with Crippen molar-refractivity contribution in [3.63, 3.8) is 0 Å². The number of benzene rings is 2. The van der Waals surface area contributed by atoms with Crippen LogP contribution in [0.25, 0.3) is 6.08 Å². The fraction of sp³-hybridized carbons (Fsp3) is 0.125. The molecule has 0 bridgehead atoms. The molecule has 2 aromatic carbocycles. The van der Waals surface area contributed by atoms with Crippen LogP contribution in [-0.2, 0) is 0 Å². The summed E-state index contributed by atoms with van der Waals surface area (Å²) in [5.74, 6) is 0.456. The summed E-state index contributed by atoms with van der Waals surface area (Å²) in [4.78, 5) is 10.3. The number of non-ortho nitro benzene ring substituents is 1. The minimum atomic E-state index is -0.443. The molecule has 2 aromatic rings. The molecule has 0 aliphatic heterocycles. The molecular weight excluding hydrogens is 268 g/mol. The smallest absolute Gasteiger partial charge is 0.273 e. The van der Waals surface area contributed by atoms with E-state index in [0.29, 0.717) is 12.3 Å². The second kappa shape index (κ2) is 7.09. The van der Waals surface area contributed by atoms with Crippen LogP contribution < -0.4 is 10.1 Å². The lowest BCUT2D eigenvalue weighted by Crippen LogP contribution is -2.01. The first-order chi connectivity index (χ1) is 10.2. The number of nitrogens with zero attached hydrogens (tertiary/aromatic N) is 1. The first kappa shape index (κ1) is 14.6. The Balaban J connectivity index is 2.00. The molecule has 0 aliphatic carbocycles. The van der Waals surface area contributed by atoms with Gasteiger partial charge in [-0.2, -0.15) is 0 Å². The van der Waals surface area contributed by atoms with E-state index in [4.69, 9.17) is 4.74 Å². The number of nitrogens with one attached hydrogen (secondary N) is 1. The molecule has 0 spiro atoms. The van der Waals surface area contributed by atoms with Gasteiger partial charge in [0.05, 0.1) is 23.8 Å². The van der Waals surface area contributed by atoms with Crippen molar-refractivity contribution >= 4 is 17.5 Å². The van der Waals surface area contributed by atoms with E-state index in [9.17, 15) is 10.1 Å². The Hall–Kier alpha value is -2.82. The van der Waals surface area contributed by atoms with Crippen molar-refractivity contribution in [1.82, 2.24) is 0 Å². The maximum absolute atomic E-state index is 10.7. The van der Waals surface area contributed by atoms with Gasteiger partial charge in [0.15, 0.2) is 0 Å². The van der Waals surface area contributed by atoms with Gasteiger partial charge in [-0.05, 0) is 11.6 Å². The Morgan fingerprint density at radius 3 is 2.67 bits per heavy atom. The molecule has 0 radical (unpaired) electrons. The molecule has 5 heteroatoms. The number of anilines is 1. The monoisotopic (exact) mass is 284 g/mol. The van der Waals surface area contributed by atoms with E-state index >= 15 is 0 Å². The number of hydrogen-bond donors (Lipinski definition) is 1. The largest absolute Gasteiger partial charge is 0.494 e. The highest BCUT2D eigenvalue weighted by Gasteiger charge is 2.10. The topological polar surface area (TPSA) is 64.4 Å². The van der Waals surface area contributed by atoms with Gasteiger partial charge >= 0.3 is 0 Å². The van der Waals surface area contributed by atoms with E-state index in [2.05, 4.69) is 5.32 Å². The van der Waals surface area contributed by atoms with Gasteiger partial charge in [-0.15, -0.1) is 0 Å². The van der Waals surface area contributed by atoms with Crippen molar-refractivity contribution in [3.05, 3.63) is 70.3 Å². The number of nitro benzene ring substituents is 1. The SMILES string of the molecule is COc1cc([N+](=O)[O-])ccc1NC/C=C/c1ccccc1. The van der Waals surface area contributed by atoms with Gasteiger partial charge in [-0.25, -0.2) is 0 Å². The van der Waals surface area contributed by atoms with E-state index in [1.165, 1.54) is 19.2 Å². The summed E-state index contributed by atoms with van der Waals surface area (Å²) in [7, 11) is 1.49. The second-order valence-electron chi connectivity index (χ2n) is 4.34. The van der Waals surface area contributed by atoms with Crippen LogP contribution in [0.5, 0.6) is 5.75 Å².